The van der Waals surface area contributed by atoms with Crippen LogP contribution in [0.15, 0.2) is 49.1 Å². The molecule has 39 heavy (non-hydrogen) atoms. The topological polar surface area (TPSA) is 119 Å². The van der Waals surface area contributed by atoms with Crippen molar-refractivity contribution in [3.63, 3.8) is 0 Å². The maximum Gasteiger partial charge on any atom is 0.387 e. The molecule has 4 aromatic rings. The third-order valence-electron chi connectivity index (χ3n) is 6.96. The number of nitrogens with one attached hydrogen (secondary N) is 2. The first kappa shape index (κ1) is 25.2. The lowest BCUT2D eigenvalue weighted by atomic mass is 10.1. The Balaban J connectivity index is 1.33. The molecule has 0 bridgehead atoms. The highest BCUT2D eigenvalue weighted by atomic mass is 35.5. The number of hydrogen-bond donors (Lipinski definition) is 2. The number of alkyl halides is 2. The van der Waals surface area contributed by atoms with Crippen LogP contribution in [0.2, 0.25) is 5.02 Å². The van der Waals surface area contributed by atoms with E-state index >= 15 is 0 Å². The molecule has 0 radical (unpaired) electrons. The molecule has 3 aromatic heterocycles. The summed E-state index contributed by atoms with van der Waals surface area (Å²) in [5, 5.41) is 15.0. The molecule has 2 amide bonds. The monoisotopic (exact) mass is 556 g/mol. The van der Waals surface area contributed by atoms with Crippen LogP contribution in [-0.4, -0.2) is 73.4 Å². The summed E-state index contributed by atoms with van der Waals surface area (Å²) in [6, 6.07) is 6.08. The number of anilines is 1. The molecular weight excluding hydrogens is 534 g/mol. The molecule has 6 rings (SSSR count). The molecule has 2 aliphatic heterocycles. The first-order chi connectivity index (χ1) is 18.9. The van der Waals surface area contributed by atoms with Gasteiger partial charge in [-0.2, -0.15) is 19.0 Å². The SMILES string of the molecule is O=C(Nc1cn(CC(=O)N2CC3CCNC3C2)nc1-c1cc(Cl)ccc1OC(F)F)c1cnn2cccnc12. The fourth-order valence-electron chi connectivity index (χ4n) is 5.15. The van der Waals surface area contributed by atoms with Crippen molar-refractivity contribution in [2.75, 3.05) is 25.0 Å². The lowest BCUT2D eigenvalue weighted by molar-refractivity contribution is -0.131. The average Bonchev–Trinajstić information content (AvgIpc) is 3.68. The second-order valence-corrected chi connectivity index (χ2v) is 9.85. The molecule has 2 saturated heterocycles. The standard InChI is InChI=1S/C25H23ClF2N8O3/c26-15-2-3-20(39-25(27)28)16(8-15)22-19(32-24(38)17-9-31-36-7-1-5-30-23(17)36)12-35(33-22)13-21(37)34-10-14-4-6-29-18(14)11-34/h1-3,5,7-9,12,14,18,25,29H,4,6,10-11,13H2,(H,32,38). The molecule has 202 valence electrons. The van der Waals surface area contributed by atoms with Gasteiger partial charge in [0.1, 0.15) is 23.6 Å². The van der Waals surface area contributed by atoms with Crippen molar-refractivity contribution in [3.05, 3.63) is 59.6 Å². The van der Waals surface area contributed by atoms with Gasteiger partial charge in [-0.3, -0.25) is 14.3 Å². The molecule has 0 saturated carbocycles. The van der Waals surface area contributed by atoms with Crippen LogP contribution in [0.3, 0.4) is 0 Å². The Hall–Kier alpha value is -4.10. The summed E-state index contributed by atoms with van der Waals surface area (Å²) in [5.74, 6) is -0.442. The van der Waals surface area contributed by atoms with Gasteiger partial charge >= 0.3 is 6.61 Å². The predicted molar refractivity (Wildman–Crippen MR) is 137 cm³/mol. The van der Waals surface area contributed by atoms with Crippen LogP contribution in [0, 0.1) is 5.92 Å². The summed E-state index contributed by atoms with van der Waals surface area (Å²) >= 11 is 6.18. The summed E-state index contributed by atoms with van der Waals surface area (Å²) < 4.78 is 33.9. The van der Waals surface area contributed by atoms with Crippen molar-refractivity contribution < 1.29 is 23.1 Å². The van der Waals surface area contributed by atoms with E-state index in [0.29, 0.717) is 24.7 Å². The van der Waals surface area contributed by atoms with Crippen LogP contribution in [0.5, 0.6) is 5.75 Å². The van der Waals surface area contributed by atoms with E-state index in [1.807, 2.05) is 0 Å². The molecule has 1 aromatic carbocycles. The number of likely N-dealkylation sites (tertiary alicyclic amines) is 1. The Morgan fingerprint density at radius 3 is 2.97 bits per heavy atom. The van der Waals surface area contributed by atoms with Gasteiger partial charge in [-0.15, -0.1) is 0 Å². The van der Waals surface area contributed by atoms with Crippen molar-refractivity contribution in [2.45, 2.75) is 25.6 Å². The first-order valence-corrected chi connectivity index (χ1v) is 12.7. The number of nitrogens with zero attached hydrogens (tertiary/aromatic N) is 6. The molecule has 0 aliphatic carbocycles. The number of hydrogen-bond acceptors (Lipinski definition) is 7. The van der Waals surface area contributed by atoms with Gasteiger partial charge in [0.05, 0.1) is 11.9 Å². The van der Waals surface area contributed by atoms with E-state index in [0.717, 1.165) is 13.0 Å². The van der Waals surface area contributed by atoms with Crippen molar-refractivity contribution >= 4 is 34.7 Å². The molecule has 0 spiro atoms. The van der Waals surface area contributed by atoms with Crippen molar-refractivity contribution in [1.29, 1.82) is 0 Å². The molecule has 2 atom stereocenters. The lowest BCUT2D eigenvalue weighted by Crippen LogP contribution is -2.36. The van der Waals surface area contributed by atoms with Gasteiger partial charge in [-0.1, -0.05) is 11.6 Å². The molecular formula is C25H23ClF2N8O3. The van der Waals surface area contributed by atoms with Crippen molar-refractivity contribution in [2.24, 2.45) is 5.92 Å². The molecule has 2 unspecified atom stereocenters. The second-order valence-electron chi connectivity index (χ2n) is 9.42. The Labute approximate surface area is 225 Å². The van der Waals surface area contributed by atoms with Gasteiger partial charge in [0.25, 0.3) is 5.91 Å². The zero-order valence-corrected chi connectivity index (χ0v) is 21.2. The highest BCUT2D eigenvalue weighted by Gasteiger charge is 2.38. The normalized spacial score (nSPS) is 18.6. The molecule has 2 fully saturated rings. The average molecular weight is 557 g/mol. The molecule has 2 aliphatic rings. The van der Waals surface area contributed by atoms with Gasteiger partial charge < -0.3 is 20.3 Å². The fourth-order valence-corrected chi connectivity index (χ4v) is 5.32. The molecule has 14 heteroatoms. The zero-order chi connectivity index (χ0) is 27.1. The number of carbonyl (C=O) groups is 2. The number of fused-ring (bicyclic) bond motifs is 2. The molecule has 5 heterocycles. The summed E-state index contributed by atoms with van der Waals surface area (Å²) in [7, 11) is 0. The van der Waals surface area contributed by atoms with E-state index < -0.39 is 12.5 Å². The van der Waals surface area contributed by atoms with Crippen LogP contribution in [-0.2, 0) is 11.3 Å². The number of amides is 2. The van der Waals surface area contributed by atoms with Gasteiger partial charge in [-0.05, 0) is 43.1 Å². The van der Waals surface area contributed by atoms with Crippen LogP contribution in [0.25, 0.3) is 16.9 Å². The van der Waals surface area contributed by atoms with Crippen LogP contribution < -0.4 is 15.4 Å². The van der Waals surface area contributed by atoms with E-state index in [4.69, 9.17) is 16.3 Å². The highest BCUT2D eigenvalue weighted by molar-refractivity contribution is 6.31. The maximum absolute atomic E-state index is 13.3. The number of halogens is 3. The van der Waals surface area contributed by atoms with E-state index in [1.54, 1.807) is 17.2 Å². The molecule has 11 nitrogen and oxygen atoms in total. The number of ether oxygens (including phenoxy) is 1. The lowest BCUT2D eigenvalue weighted by Gasteiger charge is -2.17. The van der Waals surface area contributed by atoms with Gasteiger partial charge in [0, 0.05) is 48.3 Å². The zero-order valence-electron chi connectivity index (χ0n) is 20.4. The largest absolute Gasteiger partial charge is 0.434 e. The van der Waals surface area contributed by atoms with Crippen molar-refractivity contribution in [3.8, 4) is 17.0 Å². The summed E-state index contributed by atoms with van der Waals surface area (Å²) in [6.45, 7) is -0.972. The van der Waals surface area contributed by atoms with Crippen LogP contribution in [0.4, 0.5) is 14.5 Å². The number of rotatable bonds is 7. The van der Waals surface area contributed by atoms with Gasteiger partial charge in [-0.25, -0.2) is 9.50 Å². The fraction of sp³-hybridized carbons (Fsp3) is 0.320. The van der Waals surface area contributed by atoms with Gasteiger partial charge in [0.2, 0.25) is 5.91 Å². The Kier molecular flexibility index (Phi) is 6.61. The second kappa shape index (κ2) is 10.2. The summed E-state index contributed by atoms with van der Waals surface area (Å²) in [5.41, 5.74) is 0.929. The maximum atomic E-state index is 13.3. The number of benzene rings is 1. The van der Waals surface area contributed by atoms with Crippen LogP contribution >= 0.6 is 11.6 Å². The minimum absolute atomic E-state index is 0.105. The Bertz CT molecular complexity index is 1550. The van der Waals surface area contributed by atoms with Crippen molar-refractivity contribution in [1.82, 2.24) is 34.6 Å². The first-order valence-electron chi connectivity index (χ1n) is 12.3. The Morgan fingerprint density at radius 1 is 1.28 bits per heavy atom. The smallest absolute Gasteiger partial charge is 0.387 e. The predicted octanol–water partition coefficient (Wildman–Crippen LogP) is 2.92. The third-order valence-corrected chi connectivity index (χ3v) is 7.19. The van der Waals surface area contributed by atoms with E-state index in [1.165, 1.54) is 46.0 Å². The highest BCUT2D eigenvalue weighted by Crippen LogP contribution is 2.37. The van der Waals surface area contributed by atoms with Crippen LogP contribution in [0.1, 0.15) is 16.8 Å². The van der Waals surface area contributed by atoms with E-state index in [9.17, 15) is 18.4 Å². The Morgan fingerprint density at radius 2 is 2.15 bits per heavy atom. The number of carbonyl (C=O) groups excluding carboxylic acids is 2. The number of aromatic nitrogens is 5. The van der Waals surface area contributed by atoms with E-state index in [2.05, 4.69) is 25.8 Å². The quantitative estimate of drug-likeness (QED) is 0.359. The van der Waals surface area contributed by atoms with Gasteiger partial charge in [0.15, 0.2) is 5.65 Å². The minimum Gasteiger partial charge on any atom is -0.434 e. The summed E-state index contributed by atoms with van der Waals surface area (Å²) in [4.78, 5) is 32.4. The summed E-state index contributed by atoms with van der Waals surface area (Å²) in [6.07, 6.45) is 7.05. The minimum atomic E-state index is -3.10. The third kappa shape index (κ3) is 5.02. The van der Waals surface area contributed by atoms with E-state index in [-0.39, 0.29) is 51.8 Å². The molecule has 2 N–H and O–H groups in total.